The number of methoxy groups -OCH3 is 1. The molecule has 0 amide bonds. The molecule has 6 heterocycles. The Morgan fingerprint density at radius 3 is 0.970 bits per heavy atom. The van der Waals surface area contributed by atoms with Crippen LogP contribution in [0.5, 0.6) is 0 Å². The van der Waals surface area contributed by atoms with Gasteiger partial charge in [-0.15, -0.1) is 0 Å². The minimum atomic E-state index is -0.153. The van der Waals surface area contributed by atoms with E-state index in [1.807, 2.05) is 0 Å². The molecule has 6 rings (SSSR count). The van der Waals surface area contributed by atoms with Crippen LogP contribution in [-0.4, -0.2) is 266 Å². The predicted molar refractivity (Wildman–Crippen MR) is 237 cm³/mol. The van der Waals surface area contributed by atoms with Crippen molar-refractivity contribution in [2.45, 2.75) is 90.3 Å². The Morgan fingerprint density at radius 2 is 0.652 bits per heavy atom. The van der Waals surface area contributed by atoms with Crippen molar-refractivity contribution in [2.24, 2.45) is 0 Å². The second-order valence-corrected chi connectivity index (χ2v) is 17.3. The molecule has 0 radical (unpaired) electrons. The van der Waals surface area contributed by atoms with Crippen molar-refractivity contribution in [3.8, 4) is 0 Å². The molecule has 390 valence electrons. The first-order chi connectivity index (χ1) is 32.2. The van der Waals surface area contributed by atoms with Gasteiger partial charge in [-0.25, -0.2) is 0 Å². The molecule has 0 aliphatic carbocycles. The van der Waals surface area contributed by atoms with Crippen LogP contribution in [0.2, 0.25) is 0 Å². The second-order valence-electron chi connectivity index (χ2n) is 17.3. The highest BCUT2D eigenvalue weighted by atomic mass is 16.7. The molecule has 0 N–H and O–H groups in total. The van der Waals surface area contributed by atoms with Crippen LogP contribution in [0.1, 0.15) is 48.0 Å². The number of rotatable bonds is 26. The Hall–Kier alpha value is -0.920. The Kier molecular flexibility index (Phi) is 31.5. The van der Waals surface area contributed by atoms with Gasteiger partial charge >= 0.3 is 0 Å². The summed E-state index contributed by atoms with van der Waals surface area (Å²) in [4.78, 5) is 12.8. The molecule has 23 heteroatoms. The molecule has 0 spiro atoms. The van der Waals surface area contributed by atoms with E-state index in [2.05, 4.69) is 70.9 Å². The number of hydrogen-bond acceptors (Lipinski definition) is 23. The summed E-state index contributed by atoms with van der Waals surface area (Å²) >= 11 is 0. The Bertz CT molecular complexity index is 1080. The molecular formula is C43H86N6O17. The molecule has 0 saturated carbocycles. The molecule has 0 aromatic carbocycles. The third-order valence-corrected chi connectivity index (χ3v) is 11.5. The maximum atomic E-state index is 6.24. The van der Waals surface area contributed by atoms with E-state index in [-0.39, 0.29) is 36.3 Å². The van der Waals surface area contributed by atoms with Crippen LogP contribution in [0.25, 0.3) is 0 Å². The molecule has 6 unspecified atom stereocenters. The van der Waals surface area contributed by atoms with Crippen molar-refractivity contribution in [2.75, 3.05) is 194 Å². The number of hydrogen-bond donors (Lipinski definition) is 0. The first-order valence-corrected chi connectivity index (χ1v) is 23.5. The third-order valence-electron chi connectivity index (χ3n) is 11.5. The van der Waals surface area contributed by atoms with Gasteiger partial charge in [0.05, 0.1) is 72.8 Å². The van der Waals surface area contributed by atoms with Crippen LogP contribution in [0.4, 0.5) is 0 Å². The van der Waals surface area contributed by atoms with Crippen molar-refractivity contribution in [3.63, 3.8) is 0 Å². The lowest BCUT2D eigenvalue weighted by atomic mass is 10.2. The molecule has 6 fully saturated rings. The fourth-order valence-electron chi connectivity index (χ4n) is 6.86. The minimum Gasteiger partial charge on any atom is -0.382 e. The molecule has 0 aromatic heterocycles. The zero-order valence-electron chi connectivity index (χ0n) is 41.2. The Morgan fingerprint density at radius 1 is 0.348 bits per heavy atom. The van der Waals surface area contributed by atoms with Crippen LogP contribution in [0.15, 0.2) is 0 Å². The summed E-state index contributed by atoms with van der Waals surface area (Å²) in [6.07, 6.45) is 0.907. The second kappa shape index (κ2) is 36.1. The summed E-state index contributed by atoms with van der Waals surface area (Å²) in [6.45, 7) is 28.9. The molecule has 6 aliphatic rings. The average Bonchev–Trinajstić information content (AvgIpc) is 3.38. The summed E-state index contributed by atoms with van der Waals surface area (Å²) in [7, 11) is 1.67. The van der Waals surface area contributed by atoms with Gasteiger partial charge in [-0.1, -0.05) is 0 Å². The topological polar surface area (TPSA) is 176 Å². The maximum Gasteiger partial charge on any atom is 0.150 e. The summed E-state index contributed by atoms with van der Waals surface area (Å²) in [6, 6.07) is 1.52. The molecule has 6 saturated heterocycles. The van der Waals surface area contributed by atoms with E-state index in [1.165, 1.54) is 0 Å². The summed E-state index contributed by atoms with van der Waals surface area (Å²) in [5.41, 5.74) is 0. The highest BCUT2D eigenvalue weighted by Gasteiger charge is 2.24. The van der Waals surface area contributed by atoms with E-state index in [4.69, 9.17) is 80.5 Å². The quantitative estimate of drug-likeness (QED) is 0.113. The number of ether oxygens (including phenoxy) is 17. The van der Waals surface area contributed by atoms with Gasteiger partial charge in [0.2, 0.25) is 0 Å². The van der Waals surface area contributed by atoms with Gasteiger partial charge in [-0.05, 0) is 48.0 Å². The van der Waals surface area contributed by atoms with Gasteiger partial charge in [0, 0.05) is 56.5 Å². The maximum absolute atomic E-state index is 6.24. The van der Waals surface area contributed by atoms with E-state index in [9.17, 15) is 0 Å². The largest absolute Gasteiger partial charge is 0.382 e. The molecule has 66 heavy (non-hydrogen) atoms. The van der Waals surface area contributed by atoms with Crippen LogP contribution in [0.3, 0.4) is 0 Å². The van der Waals surface area contributed by atoms with Crippen LogP contribution >= 0.6 is 0 Å². The van der Waals surface area contributed by atoms with Crippen LogP contribution in [0, 0.1) is 0 Å². The van der Waals surface area contributed by atoms with Crippen molar-refractivity contribution in [1.82, 2.24) is 29.4 Å². The van der Waals surface area contributed by atoms with Gasteiger partial charge in [-0.2, -0.15) is 0 Å². The lowest BCUT2D eigenvalue weighted by Crippen LogP contribution is -2.45. The van der Waals surface area contributed by atoms with E-state index >= 15 is 0 Å². The summed E-state index contributed by atoms with van der Waals surface area (Å²) in [5.74, 6) is 0. The van der Waals surface area contributed by atoms with Gasteiger partial charge < -0.3 is 80.5 Å². The zero-order valence-corrected chi connectivity index (χ0v) is 41.2. The van der Waals surface area contributed by atoms with E-state index in [1.54, 1.807) is 7.11 Å². The molecule has 0 aromatic rings. The fraction of sp³-hybridized carbons (Fsp3) is 1.00. The summed E-state index contributed by atoms with van der Waals surface area (Å²) < 4.78 is 92.5. The smallest absolute Gasteiger partial charge is 0.150 e. The highest BCUT2D eigenvalue weighted by molar-refractivity contribution is 4.71. The van der Waals surface area contributed by atoms with Crippen molar-refractivity contribution in [1.29, 1.82) is 0 Å². The molecule has 6 aliphatic heterocycles. The third kappa shape index (κ3) is 24.3. The fourth-order valence-corrected chi connectivity index (χ4v) is 6.86. The predicted octanol–water partition coefficient (Wildman–Crippen LogP) is 1.17. The van der Waals surface area contributed by atoms with Crippen molar-refractivity contribution >= 4 is 0 Å². The number of nitrogens with zero attached hydrogens (tertiary/aromatic N) is 6. The van der Waals surface area contributed by atoms with E-state index in [0.717, 1.165) is 19.6 Å². The monoisotopic (exact) mass is 959 g/mol. The molecule has 0 bridgehead atoms. The zero-order chi connectivity index (χ0) is 47.0. The average molecular weight is 959 g/mol. The first-order valence-electron chi connectivity index (χ1n) is 23.5. The van der Waals surface area contributed by atoms with Crippen molar-refractivity contribution in [3.05, 3.63) is 0 Å². The first kappa shape index (κ1) is 57.7. The Labute approximate surface area is 394 Å². The molecule has 23 nitrogen and oxygen atoms in total. The summed E-state index contributed by atoms with van der Waals surface area (Å²) in [5, 5.41) is 0. The van der Waals surface area contributed by atoms with Crippen molar-refractivity contribution < 1.29 is 80.5 Å². The van der Waals surface area contributed by atoms with Crippen LogP contribution in [-0.2, 0) is 80.5 Å². The normalized spacial score (nSPS) is 24.8. The van der Waals surface area contributed by atoms with Gasteiger partial charge in [-0.3, -0.25) is 29.4 Å². The minimum absolute atomic E-state index is 0.153. The lowest BCUT2D eigenvalue weighted by Gasteiger charge is -2.34. The highest BCUT2D eigenvalue weighted by Crippen LogP contribution is 2.12. The van der Waals surface area contributed by atoms with Gasteiger partial charge in [0.25, 0.3) is 0 Å². The van der Waals surface area contributed by atoms with Crippen LogP contribution < -0.4 is 0 Å². The Balaban J connectivity index is 0.000000242. The van der Waals surface area contributed by atoms with Gasteiger partial charge in [0.1, 0.15) is 107 Å². The van der Waals surface area contributed by atoms with E-state index < -0.39 is 0 Å². The lowest BCUT2D eigenvalue weighted by molar-refractivity contribution is -0.204. The molecule has 6 atom stereocenters. The van der Waals surface area contributed by atoms with E-state index in [0.29, 0.717) is 180 Å². The SMILES string of the molecule is CC(COC(COCC(C)N1COCOC1)COCC(C)N1COCOC1)N1CCCOC1.CC(COCC(C)N1COCOC1)N1COCOC1.COCCOCC(C)N1COCOC1. The standard InChI is InChI=1S/C22H43N3O8.C12H24N2O5.C9H19NO4/c1-19(24-13-29-17-30-14-24)7-27-10-22(33-9-21(3)23-5-4-6-26-12-23)11-28-8-20(2)25-15-31-18-32-16-25;1-11(13-5-16-9-17-6-13)3-15-4-12(2)14-7-18-10-19-8-14;1-9(5-12-4-3-11-2)10-6-13-8-14-7-10/h19-22H,4-18H2,1-3H3;11-12H,3-10H2,1-2H3;9H,3-8H2,1-2H3. The van der Waals surface area contributed by atoms with Gasteiger partial charge in [0.15, 0.2) is 0 Å². The molecular weight excluding hydrogens is 872 g/mol.